The Labute approximate surface area is 238 Å². The minimum atomic E-state index is -2.39. The van der Waals surface area contributed by atoms with Gasteiger partial charge in [-0.05, 0) is 64.0 Å². The molecule has 228 valence electrons. The van der Waals surface area contributed by atoms with E-state index in [1.165, 1.54) is 7.11 Å². The van der Waals surface area contributed by atoms with Crippen LogP contribution < -0.4 is 0 Å². The van der Waals surface area contributed by atoms with E-state index in [0.717, 1.165) is 0 Å². The molecule has 39 heavy (non-hydrogen) atoms. The minimum Gasteiger partial charge on any atom is -0.469 e. The van der Waals surface area contributed by atoms with E-state index in [4.69, 9.17) is 37.3 Å². The van der Waals surface area contributed by atoms with E-state index >= 15 is 0 Å². The van der Waals surface area contributed by atoms with Crippen LogP contribution in [0.1, 0.15) is 69.2 Å². The quantitative estimate of drug-likeness (QED) is 0.265. The fourth-order valence-corrected chi connectivity index (χ4v) is 7.26. The third-order valence-corrected chi connectivity index (χ3v) is 18.0. The molecule has 0 N–H and O–H groups in total. The van der Waals surface area contributed by atoms with Crippen molar-refractivity contribution in [2.75, 3.05) is 13.7 Å². The molecule has 0 radical (unpaired) electrons. The van der Waals surface area contributed by atoms with Crippen LogP contribution in [0, 0.1) is 5.92 Å². The molecule has 0 aromatic heterocycles. The highest BCUT2D eigenvalue weighted by Gasteiger charge is 2.63. The number of esters is 1. The van der Waals surface area contributed by atoms with E-state index in [1.807, 2.05) is 27.7 Å². The van der Waals surface area contributed by atoms with Gasteiger partial charge in [0.1, 0.15) is 30.3 Å². The summed E-state index contributed by atoms with van der Waals surface area (Å²) in [5, 5.41) is -0.155. The third-order valence-electron chi connectivity index (χ3n) is 9.08. The maximum Gasteiger partial charge on any atom is 0.314 e. The lowest BCUT2D eigenvalue weighted by molar-refractivity contribution is -0.230. The Morgan fingerprint density at radius 1 is 0.846 bits per heavy atom. The summed E-state index contributed by atoms with van der Waals surface area (Å²) < 4.78 is 50.8. The number of hydrogen-bond donors (Lipinski definition) is 0. The van der Waals surface area contributed by atoms with Crippen LogP contribution in [0.4, 0.5) is 0 Å². The molecule has 3 saturated heterocycles. The Morgan fingerprint density at radius 2 is 1.38 bits per heavy atom. The second kappa shape index (κ2) is 10.7. The van der Waals surface area contributed by atoms with E-state index in [9.17, 15) is 4.79 Å². The largest absolute Gasteiger partial charge is 0.469 e. The number of hydrogen-bond acceptors (Lipinski definition) is 9. The highest BCUT2D eigenvalue weighted by Crippen LogP contribution is 2.48. The normalized spacial score (nSPS) is 32.6. The summed E-state index contributed by atoms with van der Waals surface area (Å²) in [5.74, 6) is -2.97. The van der Waals surface area contributed by atoms with Crippen molar-refractivity contribution >= 4 is 22.6 Å². The van der Waals surface area contributed by atoms with E-state index in [2.05, 4.69) is 67.7 Å². The Hall–Kier alpha value is -0.376. The highest BCUT2D eigenvalue weighted by molar-refractivity contribution is 6.74. The maximum absolute atomic E-state index is 13.7. The van der Waals surface area contributed by atoms with Gasteiger partial charge in [0.25, 0.3) is 0 Å². The van der Waals surface area contributed by atoms with Gasteiger partial charge in [0, 0.05) is 0 Å². The van der Waals surface area contributed by atoms with Crippen molar-refractivity contribution < 1.29 is 42.1 Å². The molecule has 0 aromatic carbocycles. The molecule has 0 spiro atoms. The SMILES string of the molecule is COC(=O)[C@H]([C@@H]1O[C@H](O[Si](C)(C)C(C)(C)C)[C@H]2OC(C)(C)O[C@H]21)[C@H](O[Si](C)(C)C(C)(C)C)[C@H]1COC(C)(C)O1. The van der Waals surface area contributed by atoms with Gasteiger partial charge >= 0.3 is 5.97 Å². The Bertz CT molecular complexity index is 890. The zero-order chi connectivity index (χ0) is 30.0. The predicted molar refractivity (Wildman–Crippen MR) is 153 cm³/mol. The molecule has 0 aliphatic carbocycles. The molecule has 0 unspecified atom stereocenters. The Kier molecular flexibility index (Phi) is 9.10. The van der Waals surface area contributed by atoms with Crippen LogP contribution in [0.3, 0.4) is 0 Å². The van der Waals surface area contributed by atoms with E-state index < -0.39 is 76.9 Å². The molecular weight excluding hydrogens is 536 g/mol. The Balaban J connectivity index is 2.06. The monoisotopic (exact) mass is 590 g/mol. The van der Waals surface area contributed by atoms with Gasteiger partial charge in [-0.25, -0.2) is 0 Å². The summed E-state index contributed by atoms with van der Waals surface area (Å²) in [6.07, 6.45) is -3.68. The summed E-state index contributed by atoms with van der Waals surface area (Å²) in [5.41, 5.74) is 0. The fourth-order valence-electron chi connectivity index (χ4n) is 4.81. The molecule has 11 heteroatoms. The van der Waals surface area contributed by atoms with Crippen LogP contribution in [-0.2, 0) is 42.1 Å². The van der Waals surface area contributed by atoms with Crippen molar-refractivity contribution in [1.29, 1.82) is 0 Å². The van der Waals surface area contributed by atoms with Crippen molar-refractivity contribution in [2.45, 2.75) is 154 Å². The van der Waals surface area contributed by atoms with Gasteiger partial charge in [-0.2, -0.15) is 0 Å². The summed E-state index contributed by atoms with van der Waals surface area (Å²) in [6, 6.07) is 0. The molecule has 3 aliphatic rings. The first-order valence-electron chi connectivity index (χ1n) is 14.2. The zero-order valence-electron chi connectivity index (χ0n) is 26.9. The number of ether oxygens (including phenoxy) is 6. The molecule has 0 bridgehead atoms. The lowest BCUT2D eigenvalue weighted by atomic mass is 9.89. The molecule has 3 rings (SSSR count). The summed E-state index contributed by atoms with van der Waals surface area (Å²) >= 11 is 0. The van der Waals surface area contributed by atoms with Crippen LogP contribution in [-0.4, -0.2) is 84.7 Å². The molecule has 3 fully saturated rings. The molecule has 0 amide bonds. The first kappa shape index (κ1) is 33.1. The van der Waals surface area contributed by atoms with Crippen molar-refractivity contribution in [3.8, 4) is 0 Å². The van der Waals surface area contributed by atoms with Gasteiger partial charge in [0.05, 0.1) is 19.8 Å². The van der Waals surface area contributed by atoms with Crippen molar-refractivity contribution in [3.05, 3.63) is 0 Å². The van der Waals surface area contributed by atoms with Crippen LogP contribution >= 0.6 is 0 Å². The van der Waals surface area contributed by atoms with E-state index in [0.29, 0.717) is 0 Å². The lowest BCUT2D eigenvalue weighted by Crippen LogP contribution is -2.56. The van der Waals surface area contributed by atoms with Gasteiger partial charge < -0.3 is 37.3 Å². The standard InChI is InChI=1S/C28H54O9Si2/c1-25(2,3)38(12,13)36-19(17-16-31-27(7,8)33-17)18(23(29)30-11)20-21-22(35-28(9,10)34-21)24(32-20)37-39(14,15)26(4,5)6/h17-22,24H,16H2,1-15H3/t17-,18+,19-,20+,21+,22+,24-/m1/s1. The second-order valence-corrected chi connectivity index (χ2v) is 24.7. The first-order chi connectivity index (χ1) is 17.4. The zero-order valence-corrected chi connectivity index (χ0v) is 28.9. The van der Waals surface area contributed by atoms with E-state index in [1.54, 1.807) is 0 Å². The summed E-state index contributed by atoms with van der Waals surface area (Å²) in [6.45, 7) is 29.5. The second-order valence-electron chi connectivity index (χ2n) is 15.2. The van der Waals surface area contributed by atoms with Gasteiger partial charge in [-0.1, -0.05) is 41.5 Å². The summed E-state index contributed by atoms with van der Waals surface area (Å²) in [7, 11) is -3.26. The maximum atomic E-state index is 13.7. The average molecular weight is 591 g/mol. The van der Waals surface area contributed by atoms with Crippen LogP contribution in [0.15, 0.2) is 0 Å². The molecule has 3 heterocycles. The first-order valence-corrected chi connectivity index (χ1v) is 20.0. The van der Waals surface area contributed by atoms with Crippen molar-refractivity contribution in [3.63, 3.8) is 0 Å². The lowest BCUT2D eigenvalue weighted by Gasteiger charge is -2.43. The van der Waals surface area contributed by atoms with Crippen LogP contribution in [0.25, 0.3) is 0 Å². The molecular formula is C28H54O9Si2. The molecule has 3 aliphatic heterocycles. The number of rotatable bonds is 8. The van der Waals surface area contributed by atoms with Crippen molar-refractivity contribution in [2.24, 2.45) is 5.92 Å². The van der Waals surface area contributed by atoms with Gasteiger partial charge in [-0.15, -0.1) is 0 Å². The third kappa shape index (κ3) is 6.99. The molecule has 9 nitrogen and oxygen atoms in total. The number of fused-ring (bicyclic) bond motifs is 1. The molecule has 0 saturated carbocycles. The number of carbonyl (C=O) groups excluding carboxylic acids is 1. The molecule has 0 aromatic rings. The number of carbonyl (C=O) groups is 1. The summed E-state index contributed by atoms with van der Waals surface area (Å²) in [4.78, 5) is 13.7. The Morgan fingerprint density at radius 3 is 1.85 bits per heavy atom. The van der Waals surface area contributed by atoms with Crippen LogP contribution in [0.2, 0.25) is 36.3 Å². The van der Waals surface area contributed by atoms with Gasteiger partial charge in [-0.3, -0.25) is 4.79 Å². The smallest absolute Gasteiger partial charge is 0.314 e. The minimum absolute atomic E-state index is 0.0464. The molecule has 7 atom stereocenters. The predicted octanol–water partition coefficient (Wildman–Crippen LogP) is 5.58. The highest BCUT2D eigenvalue weighted by atomic mass is 28.4. The average Bonchev–Trinajstić information content (AvgIpc) is 3.36. The topological polar surface area (TPSA) is 90.9 Å². The number of methoxy groups -OCH3 is 1. The van der Waals surface area contributed by atoms with E-state index in [-0.39, 0.29) is 16.7 Å². The van der Waals surface area contributed by atoms with Crippen LogP contribution in [0.5, 0.6) is 0 Å². The van der Waals surface area contributed by atoms with Crippen molar-refractivity contribution in [1.82, 2.24) is 0 Å². The van der Waals surface area contributed by atoms with Gasteiger partial charge in [0.15, 0.2) is 34.5 Å². The fraction of sp³-hybridized carbons (Fsp3) is 0.964. The van der Waals surface area contributed by atoms with Gasteiger partial charge in [0.2, 0.25) is 0 Å².